The van der Waals surface area contributed by atoms with E-state index in [1.54, 1.807) is 24.4 Å². The van der Waals surface area contributed by atoms with Crippen molar-refractivity contribution in [2.75, 3.05) is 0 Å². The Balaban J connectivity index is 2.82. The number of fused-ring (bicyclic) bond motifs is 1. The number of hydrogen-bond acceptors (Lipinski definition) is 3. The van der Waals surface area contributed by atoms with E-state index < -0.39 is 0 Å². The highest BCUT2D eigenvalue weighted by atomic mass is 16.5. The highest BCUT2D eigenvalue weighted by Gasteiger charge is 2.06. The molecular weight excluding hydrogens is 154 g/mol. The van der Waals surface area contributed by atoms with Gasteiger partial charge in [-0.1, -0.05) is 17.3 Å². The standard InChI is InChI=1S/C9H7NO2/c1-6(11)7-3-2-4-9-8(7)5-10-12-9/h2-5H,1H3. The van der Waals surface area contributed by atoms with E-state index in [9.17, 15) is 4.79 Å². The van der Waals surface area contributed by atoms with Crippen LogP contribution in [0.4, 0.5) is 0 Å². The molecule has 3 nitrogen and oxygen atoms in total. The molecule has 1 heterocycles. The maximum Gasteiger partial charge on any atom is 0.167 e. The molecule has 0 unspecified atom stereocenters. The Morgan fingerprint density at radius 3 is 3.08 bits per heavy atom. The van der Waals surface area contributed by atoms with Crippen molar-refractivity contribution in [3.8, 4) is 0 Å². The monoisotopic (exact) mass is 161 g/mol. The zero-order chi connectivity index (χ0) is 8.55. The summed E-state index contributed by atoms with van der Waals surface area (Å²) < 4.78 is 4.91. The third-order valence-electron chi connectivity index (χ3n) is 1.78. The zero-order valence-corrected chi connectivity index (χ0v) is 6.57. The highest BCUT2D eigenvalue weighted by molar-refractivity contribution is 6.05. The van der Waals surface area contributed by atoms with Crippen LogP contribution in [0.2, 0.25) is 0 Å². The van der Waals surface area contributed by atoms with Gasteiger partial charge in [0.25, 0.3) is 0 Å². The zero-order valence-electron chi connectivity index (χ0n) is 6.57. The molecule has 1 aromatic heterocycles. The van der Waals surface area contributed by atoms with Gasteiger partial charge in [0.05, 0.1) is 11.6 Å². The second-order valence-corrected chi connectivity index (χ2v) is 2.60. The van der Waals surface area contributed by atoms with Crippen LogP contribution < -0.4 is 0 Å². The highest BCUT2D eigenvalue weighted by Crippen LogP contribution is 2.17. The minimum absolute atomic E-state index is 0.0313. The second-order valence-electron chi connectivity index (χ2n) is 2.60. The van der Waals surface area contributed by atoms with Gasteiger partial charge in [-0.15, -0.1) is 0 Å². The molecule has 0 radical (unpaired) electrons. The van der Waals surface area contributed by atoms with E-state index in [-0.39, 0.29) is 5.78 Å². The topological polar surface area (TPSA) is 43.1 Å². The van der Waals surface area contributed by atoms with Crippen molar-refractivity contribution >= 4 is 16.8 Å². The lowest BCUT2D eigenvalue weighted by Gasteiger charge is -1.93. The quantitative estimate of drug-likeness (QED) is 0.601. The Morgan fingerprint density at radius 1 is 1.50 bits per heavy atom. The molecule has 0 aliphatic rings. The largest absolute Gasteiger partial charge is 0.356 e. The maximum absolute atomic E-state index is 11.1. The molecule has 0 saturated carbocycles. The van der Waals surface area contributed by atoms with Crippen molar-refractivity contribution in [2.24, 2.45) is 0 Å². The molecule has 1 aromatic carbocycles. The average molecular weight is 161 g/mol. The Morgan fingerprint density at radius 2 is 2.33 bits per heavy atom. The van der Waals surface area contributed by atoms with Crippen LogP contribution in [0.25, 0.3) is 11.0 Å². The fraction of sp³-hybridized carbons (Fsp3) is 0.111. The lowest BCUT2D eigenvalue weighted by Crippen LogP contribution is -1.90. The molecule has 2 rings (SSSR count). The number of nitrogens with zero attached hydrogens (tertiary/aromatic N) is 1. The van der Waals surface area contributed by atoms with Gasteiger partial charge in [0.2, 0.25) is 0 Å². The predicted octanol–water partition coefficient (Wildman–Crippen LogP) is 2.03. The van der Waals surface area contributed by atoms with Gasteiger partial charge >= 0.3 is 0 Å². The van der Waals surface area contributed by atoms with Crippen LogP contribution in [-0.4, -0.2) is 10.9 Å². The van der Waals surface area contributed by atoms with Crippen LogP contribution in [0.1, 0.15) is 17.3 Å². The first kappa shape index (κ1) is 7.03. The van der Waals surface area contributed by atoms with Crippen molar-refractivity contribution in [2.45, 2.75) is 6.92 Å². The van der Waals surface area contributed by atoms with E-state index in [1.807, 2.05) is 0 Å². The van der Waals surface area contributed by atoms with Crippen molar-refractivity contribution in [3.63, 3.8) is 0 Å². The maximum atomic E-state index is 11.1. The molecule has 0 saturated heterocycles. The fourth-order valence-electron chi connectivity index (χ4n) is 1.20. The van der Waals surface area contributed by atoms with Crippen molar-refractivity contribution in [3.05, 3.63) is 30.0 Å². The Kier molecular flexibility index (Phi) is 1.43. The third kappa shape index (κ3) is 0.906. The summed E-state index contributed by atoms with van der Waals surface area (Å²) >= 11 is 0. The van der Waals surface area contributed by atoms with Crippen molar-refractivity contribution in [1.82, 2.24) is 5.16 Å². The average Bonchev–Trinajstić information content (AvgIpc) is 2.49. The lowest BCUT2D eigenvalue weighted by atomic mass is 10.1. The summed E-state index contributed by atoms with van der Waals surface area (Å²) in [5, 5.41) is 4.40. The molecule has 2 aromatic rings. The normalized spacial score (nSPS) is 10.4. The SMILES string of the molecule is CC(=O)c1cccc2oncc12. The van der Waals surface area contributed by atoms with Gasteiger partial charge in [-0.25, -0.2) is 0 Å². The van der Waals surface area contributed by atoms with Crippen molar-refractivity contribution in [1.29, 1.82) is 0 Å². The number of carbonyl (C=O) groups is 1. The van der Waals surface area contributed by atoms with E-state index in [1.165, 1.54) is 6.92 Å². The molecule has 0 atom stereocenters. The van der Waals surface area contributed by atoms with E-state index in [0.29, 0.717) is 11.1 Å². The molecule has 0 N–H and O–H groups in total. The van der Waals surface area contributed by atoms with Crippen molar-refractivity contribution < 1.29 is 9.32 Å². The molecule has 0 aliphatic heterocycles. The van der Waals surface area contributed by atoms with Gasteiger partial charge < -0.3 is 4.52 Å². The van der Waals surface area contributed by atoms with Crippen LogP contribution in [0.3, 0.4) is 0 Å². The van der Waals surface area contributed by atoms with E-state index in [0.717, 1.165) is 5.39 Å². The van der Waals surface area contributed by atoms with Crippen LogP contribution in [0.15, 0.2) is 28.9 Å². The number of rotatable bonds is 1. The molecule has 60 valence electrons. The fourth-order valence-corrected chi connectivity index (χ4v) is 1.20. The van der Waals surface area contributed by atoms with Gasteiger partial charge in [0.15, 0.2) is 11.4 Å². The first-order chi connectivity index (χ1) is 5.79. The summed E-state index contributed by atoms with van der Waals surface area (Å²) in [7, 11) is 0. The summed E-state index contributed by atoms with van der Waals surface area (Å²) in [4.78, 5) is 11.1. The minimum Gasteiger partial charge on any atom is -0.356 e. The van der Waals surface area contributed by atoms with Gasteiger partial charge in [-0.3, -0.25) is 4.79 Å². The molecule has 0 bridgehead atoms. The first-order valence-electron chi connectivity index (χ1n) is 3.63. The number of ketones is 1. The second kappa shape index (κ2) is 2.44. The number of benzene rings is 1. The summed E-state index contributed by atoms with van der Waals surface area (Å²) in [6.45, 7) is 1.53. The van der Waals surface area contributed by atoms with Crippen LogP contribution in [0.5, 0.6) is 0 Å². The number of hydrogen-bond donors (Lipinski definition) is 0. The Hall–Kier alpha value is -1.64. The summed E-state index contributed by atoms with van der Waals surface area (Å²) in [6.07, 6.45) is 1.56. The first-order valence-corrected chi connectivity index (χ1v) is 3.63. The minimum atomic E-state index is 0.0313. The van der Waals surface area contributed by atoms with Crippen LogP contribution in [-0.2, 0) is 0 Å². The van der Waals surface area contributed by atoms with Crippen LogP contribution >= 0.6 is 0 Å². The van der Waals surface area contributed by atoms with E-state index in [2.05, 4.69) is 5.16 Å². The number of Topliss-reactive ketones (excluding diaryl/α,β-unsaturated/α-hetero) is 1. The smallest absolute Gasteiger partial charge is 0.167 e. The summed E-state index contributed by atoms with van der Waals surface area (Å²) in [6, 6.07) is 5.33. The van der Waals surface area contributed by atoms with Crippen LogP contribution in [0, 0.1) is 0 Å². The molecule has 0 fully saturated rings. The van der Waals surface area contributed by atoms with Gasteiger partial charge in [-0.2, -0.15) is 0 Å². The summed E-state index contributed by atoms with van der Waals surface area (Å²) in [5.74, 6) is 0.0313. The Bertz CT molecular complexity index is 431. The Labute approximate surface area is 69.0 Å². The van der Waals surface area contributed by atoms with E-state index in [4.69, 9.17) is 4.52 Å². The molecule has 0 aliphatic carbocycles. The third-order valence-corrected chi connectivity index (χ3v) is 1.78. The van der Waals surface area contributed by atoms with Gasteiger partial charge in [0.1, 0.15) is 0 Å². The molecule has 3 heteroatoms. The summed E-state index contributed by atoms with van der Waals surface area (Å²) in [5.41, 5.74) is 1.32. The lowest BCUT2D eigenvalue weighted by molar-refractivity contribution is 0.101. The molecule has 0 amide bonds. The number of aromatic nitrogens is 1. The predicted molar refractivity (Wildman–Crippen MR) is 44.0 cm³/mol. The van der Waals surface area contributed by atoms with Gasteiger partial charge in [0, 0.05) is 5.56 Å². The number of carbonyl (C=O) groups excluding carboxylic acids is 1. The molecular formula is C9H7NO2. The van der Waals surface area contributed by atoms with Gasteiger partial charge in [-0.05, 0) is 13.0 Å². The molecule has 0 spiro atoms. The van der Waals surface area contributed by atoms with E-state index >= 15 is 0 Å². The molecule has 12 heavy (non-hydrogen) atoms.